The van der Waals surface area contributed by atoms with Gasteiger partial charge in [-0.05, 0) is 61.7 Å². The smallest absolute Gasteiger partial charge is 0.255 e. The predicted octanol–water partition coefficient (Wildman–Crippen LogP) is 4.95. The maximum Gasteiger partial charge on any atom is 0.255 e. The molecule has 0 saturated heterocycles. The molecule has 0 aliphatic heterocycles. The van der Waals surface area contributed by atoms with Crippen molar-refractivity contribution < 1.29 is 9.59 Å². The fourth-order valence-corrected chi connectivity index (χ4v) is 2.64. The Morgan fingerprint density at radius 3 is 2.33 bits per heavy atom. The minimum Gasteiger partial charge on any atom is -0.326 e. The molecule has 2 aromatic rings. The number of rotatable bonds is 5. The van der Waals surface area contributed by atoms with E-state index in [0.717, 1.165) is 17.5 Å². The number of hydrogen-bond acceptors (Lipinski definition) is 2. The Bertz CT molecular complexity index is 772. The summed E-state index contributed by atoms with van der Waals surface area (Å²) in [6, 6.07) is 10.6. The van der Waals surface area contributed by atoms with Gasteiger partial charge in [0, 0.05) is 28.4 Å². The van der Waals surface area contributed by atoms with Gasteiger partial charge in [-0.2, -0.15) is 0 Å². The summed E-state index contributed by atoms with van der Waals surface area (Å²) in [6.07, 6.45) is 1.26. The third-order valence-corrected chi connectivity index (χ3v) is 4.00. The van der Waals surface area contributed by atoms with Crippen molar-refractivity contribution in [3.05, 3.63) is 58.1 Å². The summed E-state index contributed by atoms with van der Waals surface area (Å²) in [5.74, 6) is -0.234. The lowest BCUT2D eigenvalue weighted by Crippen LogP contribution is -2.16. The molecule has 126 valence electrons. The van der Waals surface area contributed by atoms with E-state index in [1.54, 1.807) is 24.3 Å². The van der Waals surface area contributed by atoms with E-state index in [2.05, 4.69) is 10.6 Å². The maximum absolute atomic E-state index is 12.5. The molecular formula is C19H21ClN2O2. The van der Waals surface area contributed by atoms with Crippen LogP contribution in [0.5, 0.6) is 0 Å². The molecule has 4 nitrogen and oxygen atoms in total. The fraction of sp³-hybridized carbons (Fsp3) is 0.263. The molecule has 0 aromatic heterocycles. The molecule has 5 heteroatoms. The average Bonchev–Trinajstić information content (AvgIpc) is 2.51. The number of amides is 2. The van der Waals surface area contributed by atoms with Crippen LogP contribution in [0.15, 0.2) is 36.4 Å². The highest BCUT2D eigenvalue weighted by Gasteiger charge is 2.13. The molecule has 2 amide bonds. The molecule has 0 heterocycles. The van der Waals surface area contributed by atoms with Crippen LogP contribution in [0.25, 0.3) is 0 Å². The maximum atomic E-state index is 12.5. The lowest BCUT2D eigenvalue weighted by atomic mass is 10.1. The van der Waals surface area contributed by atoms with Gasteiger partial charge in [0.2, 0.25) is 5.91 Å². The highest BCUT2D eigenvalue weighted by atomic mass is 35.5. The summed E-state index contributed by atoms with van der Waals surface area (Å²) < 4.78 is 0. The number of aryl methyl sites for hydroxylation is 1. The molecule has 0 unspecified atom stereocenters. The standard InChI is InChI=1S/C19H21ClN2O2/c1-4-6-18(23)21-16-7-5-8-17(13(16)3)22-19(24)15-10-9-14(20)11-12(15)2/h5,7-11H,4,6H2,1-3H3,(H,21,23)(H,22,24). The Balaban J connectivity index is 2.20. The molecule has 2 rings (SSSR count). The van der Waals surface area contributed by atoms with Crippen LogP contribution in [-0.4, -0.2) is 11.8 Å². The van der Waals surface area contributed by atoms with Crippen molar-refractivity contribution in [2.24, 2.45) is 0 Å². The summed E-state index contributed by atoms with van der Waals surface area (Å²) in [6.45, 7) is 5.67. The second-order valence-electron chi connectivity index (χ2n) is 5.69. The molecule has 0 fully saturated rings. The van der Waals surface area contributed by atoms with Gasteiger partial charge in [0.25, 0.3) is 5.91 Å². The predicted molar refractivity (Wildman–Crippen MR) is 98.9 cm³/mol. The molecule has 0 bridgehead atoms. The van der Waals surface area contributed by atoms with E-state index in [1.807, 2.05) is 32.9 Å². The van der Waals surface area contributed by atoms with E-state index < -0.39 is 0 Å². The zero-order chi connectivity index (χ0) is 17.7. The van der Waals surface area contributed by atoms with E-state index in [9.17, 15) is 9.59 Å². The van der Waals surface area contributed by atoms with E-state index in [-0.39, 0.29) is 11.8 Å². The molecule has 0 saturated carbocycles. The van der Waals surface area contributed by atoms with Crippen LogP contribution in [0.2, 0.25) is 5.02 Å². The Morgan fingerprint density at radius 1 is 1.04 bits per heavy atom. The molecule has 0 radical (unpaired) electrons. The third kappa shape index (κ3) is 4.36. The number of anilines is 2. The van der Waals surface area contributed by atoms with Crippen molar-refractivity contribution in [1.82, 2.24) is 0 Å². The molecule has 0 atom stereocenters. The first-order valence-electron chi connectivity index (χ1n) is 7.89. The van der Waals surface area contributed by atoms with E-state index in [1.165, 1.54) is 0 Å². The molecule has 2 aromatic carbocycles. The quantitative estimate of drug-likeness (QED) is 0.806. The average molecular weight is 345 g/mol. The van der Waals surface area contributed by atoms with E-state index >= 15 is 0 Å². The van der Waals surface area contributed by atoms with Gasteiger partial charge in [-0.25, -0.2) is 0 Å². The lowest BCUT2D eigenvalue weighted by Gasteiger charge is -2.14. The van der Waals surface area contributed by atoms with Gasteiger partial charge in [-0.1, -0.05) is 24.6 Å². The van der Waals surface area contributed by atoms with Crippen molar-refractivity contribution >= 4 is 34.8 Å². The number of benzene rings is 2. The molecule has 2 N–H and O–H groups in total. The summed E-state index contributed by atoms with van der Waals surface area (Å²) in [4.78, 5) is 24.3. The fourth-order valence-electron chi connectivity index (χ4n) is 2.42. The Hall–Kier alpha value is -2.33. The van der Waals surface area contributed by atoms with Crippen LogP contribution in [0.1, 0.15) is 41.3 Å². The van der Waals surface area contributed by atoms with Crippen LogP contribution >= 0.6 is 11.6 Å². The first kappa shape index (κ1) is 18.0. The van der Waals surface area contributed by atoms with E-state index in [4.69, 9.17) is 11.6 Å². The summed E-state index contributed by atoms with van der Waals surface area (Å²) in [5, 5.41) is 6.37. The van der Waals surface area contributed by atoms with Crippen LogP contribution in [0.4, 0.5) is 11.4 Å². The van der Waals surface area contributed by atoms with Crippen molar-refractivity contribution in [3.8, 4) is 0 Å². The number of carbonyl (C=O) groups is 2. The van der Waals surface area contributed by atoms with Crippen molar-refractivity contribution in [2.45, 2.75) is 33.6 Å². The van der Waals surface area contributed by atoms with Crippen LogP contribution in [0, 0.1) is 13.8 Å². The highest BCUT2D eigenvalue weighted by molar-refractivity contribution is 6.30. The van der Waals surface area contributed by atoms with Gasteiger partial charge in [0.15, 0.2) is 0 Å². The Kier molecular flexibility index (Phi) is 5.99. The van der Waals surface area contributed by atoms with Crippen LogP contribution in [0.3, 0.4) is 0 Å². The molecule has 0 spiro atoms. The van der Waals surface area contributed by atoms with E-state index in [0.29, 0.717) is 28.4 Å². The minimum atomic E-state index is -0.204. The Morgan fingerprint density at radius 2 is 1.71 bits per heavy atom. The monoisotopic (exact) mass is 344 g/mol. The van der Waals surface area contributed by atoms with Crippen molar-refractivity contribution in [3.63, 3.8) is 0 Å². The van der Waals surface area contributed by atoms with Gasteiger partial charge in [0.05, 0.1) is 0 Å². The first-order valence-corrected chi connectivity index (χ1v) is 8.27. The van der Waals surface area contributed by atoms with Gasteiger partial charge in [-0.3, -0.25) is 9.59 Å². The van der Waals surface area contributed by atoms with Crippen LogP contribution in [-0.2, 0) is 4.79 Å². The van der Waals surface area contributed by atoms with Crippen molar-refractivity contribution in [1.29, 1.82) is 0 Å². The van der Waals surface area contributed by atoms with Gasteiger partial charge >= 0.3 is 0 Å². The van der Waals surface area contributed by atoms with Crippen LogP contribution < -0.4 is 10.6 Å². The third-order valence-electron chi connectivity index (χ3n) is 3.77. The van der Waals surface area contributed by atoms with Crippen molar-refractivity contribution in [2.75, 3.05) is 10.6 Å². The normalized spacial score (nSPS) is 10.3. The Labute approximate surface area is 147 Å². The SMILES string of the molecule is CCCC(=O)Nc1cccc(NC(=O)c2ccc(Cl)cc2C)c1C. The highest BCUT2D eigenvalue weighted by Crippen LogP contribution is 2.25. The minimum absolute atomic E-state index is 0.0300. The summed E-state index contributed by atoms with van der Waals surface area (Å²) >= 11 is 5.93. The molecule has 0 aliphatic carbocycles. The summed E-state index contributed by atoms with van der Waals surface area (Å²) in [5.41, 5.74) is 3.58. The molecular weight excluding hydrogens is 324 g/mol. The zero-order valence-corrected chi connectivity index (χ0v) is 14.8. The first-order chi connectivity index (χ1) is 11.4. The number of halogens is 1. The zero-order valence-electron chi connectivity index (χ0n) is 14.1. The number of carbonyl (C=O) groups excluding carboxylic acids is 2. The largest absolute Gasteiger partial charge is 0.326 e. The van der Waals surface area contributed by atoms with Gasteiger partial charge in [0.1, 0.15) is 0 Å². The number of nitrogens with one attached hydrogen (secondary N) is 2. The molecule has 0 aliphatic rings. The topological polar surface area (TPSA) is 58.2 Å². The van der Waals surface area contributed by atoms with Gasteiger partial charge < -0.3 is 10.6 Å². The number of hydrogen-bond donors (Lipinski definition) is 2. The second-order valence-corrected chi connectivity index (χ2v) is 6.13. The lowest BCUT2D eigenvalue weighted by molar-refractivity contribution is -0.116. The van der Waals surface area contributed by atoms with Gasteiger partial charge in [-0.15, -0.1) is 0 Å². The molecule has 24 heavy (non-hydrogen) atoms. The summed E-state index contributed by atoms with van der Waals surface area (Å²) in [7, 11) is 0. The second kappa shape index (κ2) is 7.97.